The lowest BCUT2D eigenvalue weighted by molar-refractivity contribution is -0.137. The lowest BCUT2D eigenvalue weighted by Gasteiger charge is -2.08. The number of hydrogen-bond acceptors (Lipinski definition) is 3. The summed E-state index contributed by atoms with van der Waals surface area (Å²) in [5.41, 5.74) is 5.24. The van der Waals surface area contributed by atoms with Crippen LogP contribution in [-0.4, -0.2) is 6.21 Å². The highest BCUT2D eigenvalue weighted by molar-refractivity contribution is 5.80. The number of rotatable bonds is 6. The first-order chi connectivity index (χ1) is 13.4. The van der Waals surface area contributed by atoms with Gasteiger partial charge < -0.3 is 4.74 Å². The van der Waals surface area contributed by atoms with Crippen molar-refractivity contribution in [2.75, 3.05) is 5.43 Å². The van der Waals surface area contributed by atoms with Crippen LogP contribution in [-0.2, 0) is 12.8 Å². The maximum absolute atomic E-state index is 12.7. The van der Waals surface area contributed by atoms with Crippen molar-refractivity contribution >= 4 is 11.9 Å². The quantitative estimate of drug-likeness (QED) is 0.415. The Labute approximate surface area is 161 Å². The molecule has 0 fully saturated rings. The molecule has 3 aromatic carbocycles. The number of benzene rings is 3. The van der Waals surface area contributed by atoms with Gasteiger partial charge in [0.25, 0.3) is 0 Å². The second-order valence-electron chi connectivity index (χ2n) is 6.29. The number of anilines is 1. The van der Waals surface area contributed by atoms with E-state index in [0.29, 0.717) is 6.61 Å². The average molecular weight is 384 g/mol. The molecule has 1 N–H and O–H groups in total. The third kappa shape index (κ3) is 5.61. The molecule has 0 aromatic heterocycles. The Morgan fingerprint density at radius 1 is 0.964 bits per heavy atom. The summed E-state index contributed by atoms with van der Waals surface area (Å²) in [4.78, 5) is 0. The van der Waals surface area contributed by atoms with Crippen LogP contribution in [0.3, 0.4) is 0 Å². The first-order valence-corrected chi connectivity index (χ1v) is 8.65. The summed E-state index contributed by atoms with van der Waals surface area (Å²) < 4.78 is 43.8. The van der Waals surface area contributed by atoms with Gasteiger partial charge in [-0.2, -0.15) is 18.3 Å². The third-order valence-electron chi connectivity index (χ3n) is 4.00. The molecule has 0 aliphatic carbocycles. The van der Waals surface area contributed by atoms with E-state index in [-0.39, 0.29) is 5.69 Å². The highest BCUT2D eigenvalue weighted by Crippen LogP contribution is 2.30. The summed E-state index contributed by atoms with van der Waals surface area (Å²) in [6, 6.07) is 20.3. The fraction of sp³-hybridized carbons (Fsp3) is 0.136. The van der Waals surface area contributed by atoms with Gasteiger partial charge in [0.2, 0.25) is 0 Å². The van der Waals surface area contributed by atoms with E-state index >= 15 is 0 Å². The first-order valence-electron chi connectivity index (χ1n) is 8.65. The van der Waals surface area contributed by atoms with Gasteiger partial charge in [-0.1, -0.05) is 35.9 Å². The van der Waals surface area contributed by atoms with Gasteiger partial charge in [0, 0.05) is 0 Å². The number of alkyl halides is 3. The van der Waals surface area contributed by atoms with Gasteiger partial charge in [0.1, 0.15) is 12.4 Å². The van der Waals surface area contributed by atoms with Gasteiger partial charge in [0.15, 0.2) is 0 Å². The summed E-state index contributed by atoms with van der Waals surface area (Å²) in [5.74, 6) is 0.726. The molecule has 0 heterocycles. The Morgan fingerprint density at radius 3 is 2.36 bits per heavy atom. The molecule has 0 unspecified atom stereocenters. The maximum atomic E-state index is 12.7. The van der Waals surface area contributed by atoms with Crippen molar-refractivity contribution in [1.82, 2.24) is 0 Å². The number of nitrogens with zero attached hydrogens (tertiary/aromatic N) is 1. The predicted octanol–water partition coefficient (Wildman–Crippen LogP) is 6.04. The molecule has 3 nitrogen and oxygen atoms in total. The molecule has 0 aliphatic rings. The van der Waals surface area contributed by atoms with E-state index < -0.39 is 11.7 Å². The molecule has 0 saturated heterocycles. The number of ether oxygens (including phenoxy) is 1. The van der Waals surface area contributed by atoms with Gasteiger partial charge in [-0.25, -0.2) is 0 Å². The van der Waals surface area contributed by atoms with Crippen LogP contribution >= 0.6 is 0 Å². The van der Waals surface area contributed by atoms with Crippen molar-refractivity contribution in [3.05, 3.63) is 95.1 Å². The van der Waals surface area contributed by atoms with E-state index in [2.05, 4.69) is 10.5 Å². The molecule has 0 bridgehead atoms. The fourth-order valence-corrected chi connectivity index (χ4v) is 2.45. The van der Waals surface area contributed by atoms with E-state index in [1.54, 1.807) is 0 Å². The lowest BCUT2D eigenvalue weighted by atomic mass is 10.2. The van der Waals surface area contributed by atoms with Crippen LogP contribution in [0.4, 0.5) is 18.9 Å². The normalized spacial score (nSPS) is 11.6. The van der Waals surface area contributed by atoms with Crippen LogP contribution in [0, 0.1) is 6.92 Å². The SMILES string of the molecule is Cc1ccc(COc2ccc(C=NNc3cccc(C(F)(F)F)c3)cc2)cc1. The Morgan fingerprint density at radius 2 is 1.68 bits per heavy atom. The van der Waals surface area contributed by atoms with E-state index in [0.717, 1.165) is 29.0 Å². The van der Waals surface area contributed by atoms with Crippen LogP contribution in [0.15, 0.2) is 77.9 Å². The molecule has 3 aromatic rings. The minimum Gasteiger partial charge on any atom is -0.489 e. The number of halogens is 3. The van der Waals surface area contributed by atoms with E-state index in [1.807, 2.05) is 55.5 Å². The summed E-state index contributed by atoms with van der Waals surface area (Å²) in [6.07, 6.45) is -2.85. The van der Waals surface area contributed by atoms with Crippen LogP contribution in [0.2, 0.25) is 0 Å². The monoisotopic (exact) mass is 384 g/mol. The first kappa shape index (κ1) is 19.5. The molecular formula is C22H19F3N2O. The topological polar surface area (TPSA) is 33.6 Å². The van der Waals surface area contributed by atoms with Gasteiger partial charge in [0.05, 0.1) is 17.5 Å². The largest absolute Gasteiger partial charge is 0.489 e. The molecule has 6 heteroatoms. The van der Waals surface area contributed by atoms with Crippen LogP contribution in [0.5, 0.6) is 5.75 Å². The fourth-order valence-electron chi connectivity index (χ4n) is 2.45. The van der Waals surface area contributed by atoms with E-state index in [9.17, 15) is 13.2 Å². The molecule has 28 heavy (non-hydrogen) atoms. The van der Waals surface area contributed by atoms with Crippen molar-refractivity contribution in [2.24, 2.45) is 5.10 Å². The Balaban J connectivity index is 1.54. The van der Waals surface area contributed by atoms with Crippen LogP contribution < -0.4 is 10.2 Å². The summed E-state index contributed by atoms with van der Waals surface area (Å²) in [6.45, 7) is 2.51. The average Bonchev–Trinajstić information content (AvgIpc) is 2.68. The highest BCUT2D eigenvalue weighted by Gasteiger charge is 2.30. The number of hydrogen-bond donors (Lipinski definition) is 1. The lowest BCUT2D eigenvalue weighted by Crippen LogP contribution is -2.05. The number of hydrazone groups is 1. The standard InChI is InChI=1S/C22H19F3N2O/c1-16-5-7-18(8-6-16)15-28-21-11-9-17(10-12-21)14-26-27-20-4-2-3-19(13-20)22(23,24)25/h2-14,27H,15H2,1H3. The molecule has 0 amide bonds. The van der Waals surface area contributed by atoms with E-state index in [4.69, 9.17) is 4.74 Å². The zero-order valence-electron chi connectivity index (χ0n) is 15.2. The molecule has 0 radical (unpaired) electrons. The number of nitrogens with one attached hydrogen (secondary N) is 1. The highest BCUT2D eigenvalue weighted by atomic mass is 19.4. The van der Waals surface area contributed by atoms with Crippen molar-refractivity contribution < 1.29 is 17.9 Å². The van der Waals surface area contributed by atoms with Crippen LogP contribution in [0.25, 0.3) is 0 Å². The third-order valence-corrected chi connectivity index (χ3v) is 4.00. The summed E-state index contributed by atoms with van der Waals surface area (Å²) >= 11 is 0. The zero-order chi connectivity index (χ0) is 20.0. The van der Waals surface area contributed by atoms with Crippen LogP contribution in [0.1, 0.15) is 22.3 Å². The predicted molar refractivity (Wildman–Crippen MR) is 105 cm³/mol. The Bertz CT molecular complexity index is 933. The second-order valence-corrected chi connectivity index (χ2v) is 6.29. The van der Waals surface area contributed by atoms with Gasteiger partial charge >= 0.3 is 6.18 Å². The van der Waals surface area contributed by atoms with Gasteiger partial charge in [-0.3, -0.25) is 5.43 Å². The van der Waals surface area contributed by atoms with Crippen molar-refractivity contribution in [2.45, 2.75) is 19.7 Å². The van der Waals surface area contributed by atoms with Gasteiger partial charge in [-0.05, 0) is 60.5 Å². The summed E-state index contributed by atoms with van der Waals surface area (Å²) in [5, 5.41) is 3.98. The van der Waals surface area contributed by atoms with Gasteiger partial charge in [-0.15, -0.1) is 0 Å². The Kier molecular flexibility index (Phi) is 5.99. The maximum Gasteiger partial charge on any atom is 0.416 e. The summed E-state index contributed by atoms with van der Waals surface area (Å²) in [7, 11) is 0. The molecule has 0 atom stereocenters. The molecular weight excluding hydrogens is 365 g/mol. The Hall–Kier alpha value is -3.28. The van der Waals surface area contributed by atoms with Crippen molar-refractivity contribution in [3.8, 4) is 5.75 Å². The molecule has 0 spiro atoms. The minimum absolute atomic E-state index is 0.268. The smallest absolute Gasteiger partial charge is 0.416 e. The molecule has 144 valence electrons. The minimum atomic E-state index is -4.38. The zero-order valence-corrected chi connectivity index (χ0v) is 15.2. The number of aryl methyl sites for hydroxylation is 1. The van der Waals surface area contributed by atoms with Crippen molar-refractivity contribution in [1.29, 1.82) is 0 Å². The molecule has 0 saturated carbocycles. The second kappa shape index (κ2) is 8.61. The molecule has 0 aliphatic heterocycles. The van der Waals surface area contributed by atoms with Crippen molar-refractivity contribution in [3.63, 3.8) is 0 Å². The van der Waals surface area contributed by atoms with E-state index in [1.165, 1.54) is 23.9 Å². The molecule has 3 rings (SSSR count).